The van der Waals surface area contributed by atoms with Crippen LogP contribution in [-0.4, -0.2) is 19.7 Å². The van der Waals surface area contributed by atoms with E-state index in [2.05, 4.69) is 53.5 Å². The average molecular weight is 246 g/mol. The molecule has 0 radical (unpaired) electrons. The minimum absolute atomic E-state index is 0.0911. The molecule has 2 heterocycles. The van der Waals surface area contributed by atoms with Gasteiger partial charge in [-0.05, 0) is 32.8 Å². The number of rotatable bonds is 5. The summed E-state index contributed by atoms with van der Waals surface area (Å²) in [5, 5.41) is 7.12. The lowest BCUT2D eigenvalue weighted by atomic mass is 9.80. The van der Waals surface area contributed by atoms with Crippen molar-refractivity contribution in [1.82, 2.24) is 19.7 Å². The molecular formula is C14H22N4. The zero-order chi connectivity index (χ0) is 13.2. The van der Waals surface area contributed by atoms with E-state index in [1.54, 1.807) is 0 Å². The first-order valence-electron chi connectivity index (χ1n) is 6.40. The van der Waals surface area contributed by atoms with Crippen LogP contribution in [0, 0.1) is 0 Å². The predicted molar refractivity (Wildman–Crippen MR) is 72.4 cm³/mol. The highest BCUT2D eigenvalue weighted by atomic mass is 15.1. The van der Waals surface area contributed by atoms with Crippen LogP contribution in [0.2, 0.25) is 0 Å². The smallest absolute Gasteiger partial charge is 0.0950 e. The maximum Gasteiger partial charge on any atom is 0.0950 e. The zero-order valence-corrected chi connectivity index (χ0v) is 11.6. The fourth-order valence-corrected chi connectivity index (χ4v) is 2.13. The summed E-state index contributed by atoms with van der Waals surface area (Å²) in [7, 11) is 0. The third-order valence-electron chi connectivity index (χ3n) is 3.80. The van der Waals surface area contributed by atoms with Crippen LogP contribution < -0.4 is 0 Å². The Morgan fingerprint density at radius 3 is 2.50 bits per heavy atom. The largest absolute Gasteiger partial charge is 0.332 e. The quantitative estimate of drug-likeness (QED) is 0.881. The molecule has 0 aliphatic heterocycles. The lowest BCUT2D eigenvalue weighted by Crippen LogP contribution is -2.29. The Labute approximate surface area is 108 Å². The van der Waals surface area contributed by atoms with E-state index >= 15 is 0 Å². The summed E-state index contributed by atoms with van der Waals surface area (Å²) in [6.45, 7) is 9.00. The molecule has 18 heavy (non-hydrogen) atoms. The Kier molecular flexibility index (Phi) is 3.28. The number of nitrogens with one attached hydrogen (secondary N) is 1. The van der Waals surface area contributed by atoms with Crippen molar-refractivity contribution in [1.29, 1.82) is 0 Å². The first kappa shape index (κ1) is 12.9. The summed E-state index contributed by atoms with van der Waals surface area (Å²) in [6, 6.07) is 2.06. The number of hydrogen-bond acceptors (Lipinski definition) is 2. The van der Waals surface area contributed by atoms with Crippen LogP contribution in [0.3, 0.4) is 0 Å². The lowest BCUT2D eigenvalue weighted by Gasteiger charge is -2.31. The van der Waals surface area contributed by atoms with Crippen molar-refractivity contribution < 1.29 is 0 Å². The van der Waals surface area contributed by atoms with Gasteiger partial charge in [0.15, 0.2) is 0 Å². The van der Waals surface area contributed by atoms with E-state index in [-0.39, 0.29) is 11.0 Å². The lowest BCUT2D eigenvalue weighted by molar-refractivity contribution is 0.282. The van der Waals surface area contributed by atoms with E-state index < -0.39 is 0 Å². The Morgan fingerprint density at radius 2 is 1.94 bits per heavy atom. The van der Waals surface area contributed by atoms with E-state index in [4.69, 9.17) is 0 Å². The molecule has 0 fully saturated rings. The van der Waals surface area contributed by atoms with Crippen molar-refractivity contribution in [2.75, 3.05) is 0 Å². The molecule has 2 aromatic heterocycles. The van der Waals surface area contributed by atoms with Gasteiger partial charge >= 0.3 is 0 Å². The van der Waals surface area contributed by atoms with E-state index in [0.717, 1.165) is 12.8 Å². The molecule has 98 valence electrons. The molecule has 4 nitrogen and oxygen atoms in total. The van der Waals surface area contributed by atoms with Gasteiger partial charge in [0.05, 0.1) is 6.33 Å². The Bertz CT molecular complexity index is 420. The molecule has 0 aromatic carbocycles. The maximum absolute atomic E-state index is 4.13. The molecule has 2 aromatic rings. The van der Waals surface area contributed by atoms with E-state index in [1.807, 2.05) is 24.9 Å². The Morgan fingerprint density at radius 1 is 1.17 bits per heavy atom. The van der Waals surface area contributed by atoms with Gasteiger partial charge in [-0.2, -0.15) is 5.10 Å². The number of aromatic nitrogens is 4. The van der Waals surface area contributed by atoms with Crippen LogP contribution in [0.5, 0.6) is 0 Å². The van der Waals surface area contributed by atoms with Gasteiger partial charge in [0.2, 0.25) is 0 Å². The van der Waals surface area contributed by atoms with Crippen molar-refractivity contribution >= 4 is 0 Å². The van der Waals surface area contributed by atoms with Gasteiger partial charge < -0.3 is 4.57 Å². The van der Waals surface area contributed by atoms with E-state index in [9.17, 15) is 0 Å². The highest BCUT2D eigenvalue weighted by Crippen LogP contribution is 2.32. The number of imidazole rings is 1. The molecule has 0 bridgehead atoms. The van der Waals surface area contributed by atoms with Crippen LogP contribution in [0.4, 0.5) is 0 Å². The minimum Gasteiger partial charge on any atom is -0.332 e. The minimum atomic E-state index is 0.0911. The molecule has 0 aliphatic carbocycles. The van der Waals surface area contributed by atoms with Crippen molar-refractivity contribution in [3.8, 4) is 0 Å². The molecule has 0 saturated heterocycles. The van der Waals surface area contributed by atoms with Crippen LogP contribution in [0.25, 0.3) is 0 Å². The van der Waals surface area contributed by atoms with Crippen molar-refractivity contribution in [2.24, 2.45) is 0 Å². The van der Waals surface area contributed by atoms with Gasteiger partial charge in [-0.15, -0.1) is 0 Å². The third-order valence-corrected chi connectivity index (χ3v) is 3.80. The van der Waals surface area contributed by atoms with Crippen LogP contribution in [0.1, 0.15) is 46.2 Å². The molecule has 0 aliphatic rings. The fourth-order valence-electron chi connectivity index (χ4n) is 2.13. The standard InChI is InChI=1S/C14H22N4/c1-13(2,12-5-8-16-17-12)6-7-14(3,4)18-10-9-15-11-18/h5,8-11H,6-7H2,1-4H3,(H,16,17). The highest BCUT2D eigenvalue weighted by Gasteiger charge is 2.27. The molecule has 0 amide bonds. The summed E-state index contributed by atoms with van der Waals surface area (Å²) in [5.74, 6) is 0. The van der Waals surface area contributed by atoms with Gasteiger partial charge in [-0.25, -0.2) is 4.98 Å². The predicted octanol–water partition coefficient (Wildman–Crippen LogP) is 3.10. The second-order valence-electron chi connectivity index (χ2n) is 6.14. The molecule has 0 unspecified atom stereocenters. The van der Waals surface area contributed by atoms with Crippen molar-refractivity contribution in [2.45, 2.75) is 51.5 Å². The summed E-state index contributed by atoms with van der Waals surface area (Å²) >= 11 is 0. The Hall–Kier alpha value is -1.58. The summed E-state index contributed by atoms with van der Waals surface area (Å²) in [5.41, 5.74) is 1.41. The number of hydrogen-bond donors (Lipinski definition) is 1. The van der Waals surface area contributed by atoms with Gasteiger partial charge in [0, 0.05) is 35.2 Å². The SMILES string of the molecule is CC(C)(CCC(C)(C)n1ccnc1)c1ccn[nH]1. The number of aromatic amines is 1. The third kappa shape index (κ3) is 2.63. The molecule has 0 saturated carbocycles. The second kappa shape index (κ2) is 4.59. The maximum atomic E-state index is 4.13. The van der Waals surface area contributed by atoms with Gasteiger partial charge in [0.25, 0.3) is 0 Å². The molecule has 1 N–H and O–H groups in total. The summed E-state index contributed by atoms with van der Waals surface area (Å²) < 4.78 is 2.18. The van der Waals surface area contributed by atoms with Crippen molar-refractivity contribution in [3.63, 3.8) is 0 Å². The topological polar surface area (TPSA) is 46.5 Å². The van der Waals surface area contributed by atoms with Crippen LogP contribution in [0.15, 0.2) is 31.0 Å². The second-order valence-corrected chi connectivity index (χ2v) is 6.14. The summed E-state index contributed by atoms with van der Waals surface area (Å²) in [4.78, 5) is 4.13. The Balaban J connectivity index is 2.03. The van der Waals surface area contributed by atoms with Gasteiger partial charge in [-0.3, -0.25) is 5.10 Å². The fraction of sp³-hybridized carbons (Fsp3) is 0.571. The molecule has 0 atom stereocenters. The van der Waals surface area contributed by atoms with Gasteiger partial charge in [0.1, 0.15) is 0 Å². The first-order valence-corrected chi connectivity index (χ1v) is 6.40. The molecule has 0 spiro atoms. The first-order chi connectivity index (χ1) is 8.42. The number of H-pyrrole nitrogens is 1. The van der Waals surface area contributed by atoms with Crippen LogP contribution >= 0.6 is 0 Å². The molecule has 4 heteroatoms. The number of nitrogens with zero attached hydrogens (tertiary/aromatic N) is 3. The monoisotopic (exact) mass is 246 g/mol. The highest BCUT2D eigenvalue weighted by molar-refractivity contribution is 5.11. The molecular weight excluding hydrogens is 224 g/mol. The van der Waals surface area contributed by atoms with E-state index in [0.29, 0.717) is 0 Å². The summed E-state index contributed by atoms with van der Waals surface area (Å²) in [6.07, 6.45) is 9.77. The van der Waals surface area contributed by atoms with Crippen molar-refractivity contribution in [3.05, 3.63) is 36.7 Å². The average Bonchev–Trinajstić information content (AvgIpc) is 2.99. The van der Waals surface area contributed by atoms with Crippen LogP contribution in [-0.2, 0) is 11.0 Å². The zero-order valence-electron chi connectivity index (χ0n) is 11.6. The molecule has 2 rings (SSSR count). The van der Waals surface area contributed by atoms with Gasteiger partial charge in [-0.1, -0.05) is 13.8 Å². The van der Waals surface area contributed by atoms with E-state index in [1.165, 1.54) is 5.69 Å². The normalized spacial score (nSPS) is 12.9.